The summed E-state index contributed by atoms with van der Waals surface area (Å²) in [5, 5.41) is 14.2. The van der Waals surface area contributed by atoms with Gasteiger partial charge in [-0.25, -0.2) is 4.98 Å². The second-order valence-corrected chi connectivity index (χ2v) is 9.93. The Balaban J connectivity index is 1.61. The summed E-state index contributed by atoms with van der Waals surface area (Å²) in [5.74, 6) is -0.0734. The molecule has 1 saturated heterocycles. The van der Waals surface area contributed by atoms with Gasteiger partial charge >= 0.3 is 0 Å². The number of thiophene rings is 1. The first kappa shape index (κ1) is 20.5. The third kappa shape index (κ3) is 4.69. The molecule has 0 aliphatic carbocycles. The summed E-state index contributed by atoms with van der Waals surface area (Å²) < 4.78 is 1.15. The molecule has 0 radical (unpaired) electrons. The van der Waals surface area contributed by atoms with Gasteiger partial charge in [-0.2, -0.15) is 0 Å². The molecule has 1 atom stereocenters. The Hall–Kier alpha value is -1.80. The fourth-order valence-corrected chi connectivity index (χ4v) is 6.12. The number of amides is 1. The highest BCUT2D eigenvalue weighted by molar-refractivity contribution is 7.21. The molecule has 0 bridgehead atoms. The van der Waals surface area contributed by atoms with E-state index >= 15 is 0 Å². The molecule has 7 heteroatoms. The first-order valence-corrected chi connectivity index (χ1v) is 11.8. The van der Waals surface area contributed by atoms with Crippen molar-refractivity contribution in [3.63, 3.8) is 0 Å². The topological polar surface area (TPSA) is 65.5 Å². The van der Waals surface area contributed by atoms with Crippen molar-refractivity contribution in [2.24, 2.45) is 0 Å². The molecule has 0 unspecified atom stereocenters. The third-order valence-electron chi connectivity index (χ3n) is 5.52. The average molecular weight is 430 g/mol. The molecular weight excluding hydrogens is 402 g/mol. The molecule has 3 aromatic rings. The fraction of sp³-hybridized carbons (Fsp3) is 0.455. The summed E-state index contributed by atoms with van der Waals surface area (Å²) >= 11 is 3.33. The van der Waals surface area contributed by atoms with Gasteiger partial charge in [-0.1, -0.05) is 24.6 Å². The lowest BCUT2D eigenvalue weighted by Gasteiger charge is -2.35. The van der Waals surface area contributed by atoms with Crippen LogP contribution in [0.5, 0.6) is 0 Å². The minimum atomic E-state index is -0.0734. The zero-order valence-electron chi connectivity index (χ0n) is 16.7. The van der Waals surface area contributed by atoms with Crippen molar-refractivity contribution in [3.8, 4) is 0 Å². The predicted octanol–water partition coefficient (Wildman–Crippen LogP) is 3.99. The Bertz CT molecular complexity index is 982. The number of carbonyl (C=O) groups excluding carboxylic acids is 1. The molecule has 4 rings (SSSR count). The van der Waals surface area contributed by atoms with E-state index in [0.717, 1.165) is 46.1 Å². The number of fused-ring (bicyclic) bond motifs is 1. The van der Waals surface area contributed by atoms with E-state index in [-0.39, 0.29) is 19.1 Å². The number of thiazole rings is 1. The lowest BCUT2D eigenvalue weighted by molar-refractivity contribution is 0.0946. The number of hydrogen-bond donors (Lipinski definition) is 2. The highest BCUT2D eigenvalue weighted by atomic mass is 32.1. The molecule has 5 nitrogen and oxygen atoms in total. The fourth-order valence-electron chi connectivity index (χ4n) is 4.15. The number of rotatable bonds is 7. The number of likely N-dealkylation sites (tertiary alicyclic amines) is 1. The van der Waals surface area contributed by atoms with Crippen molar-refractivity contribution in [2.75, 3.05) is 19.7 Å². The summed E-state index contributed by atoms with van der Waals surface area (Å²) in [6, 6.07) is 8.71. The molecule has 2 N–H and O–H groups in total. The van der Waals surface area contributed by atoms with Crippen LogP contribution < -0.4 is 5.32 Å². The number of aromatic nitrogens is 1. The van der Waals surface area contributed by atoms with Crippen molar-refractivity contribution in [1.82, 2.24) is 15.2 Å². The number of benzene rings is 1. The van der Waals surface area contributed by atoms with Crippen molar-refractivity contribution in [3.05, 3.63) is 50.8 Å². The van der Waals surface area contributed by atoms with Crippen LogP contribution in [0.3, 0.4) is 0 Å². The van der Waals surface area contributed by atoms with Gasteiger partial charge in [0, 0.05) is 34.9 Å². The minimum Gasteiger partial charge on any atom is -0.395 e. The maximum absolute atomic E-state index is 12.8. The van der Waals surface area contributed by atoms with E-state index in [4.69, 9.17) is 5.11 Å². The van der Waals surface area contributed by atoms with Crippen LogP contribution >= 0.6 is 22.7 Å². The molecule has 0 spiro atoms. The normalized spacial score (nSPS) is 17.7. The standard InChI is InChI=1S/C22H27N3O2S2/c1-15-24-13-17(28-15)14-25-10-5-4-6-16(25)12-19-18-7-2-3-8-20(18)29-21(19)22(27)23-9-11-26/h2-3,7-8,13,16,26H,4-6,9-12,14H2,1H3,(H,23,27)/t16-/m1/s1. The van der Waals surface area contributed by atoms with E-state index in [1.807, 2.05) is 18.3 Å². The number of aliphatic hydroxyl groups is 1. The van der Waals surface area contributed by atoms with Crippen LogP contribution in [0.15, 0.2) is 30.5 Å². The molecule has 1 amide bonds. The SMILES string of the molecule is Cc1ncc(CN2CCCC[C@@H]2Cc2c(C(=O)NCCO)sc3ccccc23)s1. The molecule has 1 aliphatic rings. The lowest BCUT2D eigenvalue weighted by Crippen LogP contribution is -2.40. The smallest absolute Gasteiger partial charge is 0.261 e. The number of aryl methyl sites for hydroxylation is 1. The number of aliphatic hydroxyl groups excluding tert-OH is 1. The van der Waals surface area contributed by atoms with Gasteiger partial charge < -0.3 is 10.4 Å². The van der Waals surface area contributed by atoms with E-state index in [2.05, 4.69) is 34.3 Å². The number of nitrogens with one attached hydrogen (secondary N) is 1. The Kier molecular flexibility index (Phi) is 6.60. The Morgan fingerprint density at radius 1 is 1.31 bits per heavy atom. The van der Waals surface area contributed by atoms with E-state index < -0.39 is 0 Å². The summed E-state index contributed by atoms with van der Waals surface area (Å²) in [5.41, 5.74) is 1.15. The molecule has 2 aromatic heterocycles. The van der Waals surface area contributed by atoms with E-state index in [1.54, 1.807) is 22.7 Å². The summed E-state index contributed by atoms with van der Waals surface area (Å²) in [6.45, 7) is 4.32. The average Bonchev–Trinajstić information content (AvgIpc) is 3.31. The number of piperidine rings is 1. The number of carbonyl (C=O) groups is 1. The van der Waals surface area contributed by atoms with Crippen LogP contribution in [-0.2, 0) is 13.0 Å². The lowest BCUT2D eigenvalue weighted by atomic mass is 9.94. The zero-order chi connectivity index (χ0) is 20.2. The van der Waals surface area contributed by atoms with Crippen LogP contribution in [0.4, 0.5) is 0 Å². The van der Waals surface area contributed by atoms with Gasteiger partial charge in [-0.05, 0) is 49.7 Å². The van der Waals surface area contributed by atoms with Gasteiger partial charge in [-0.3, -0.25) is 9.69 Å². The number of hydrogen-bond acceptors (Lipinski definition) is 6. The largest absolute Gasteiger partial charge is 0.395 e. The van der Waals surface area contributed by atoms with E-state index in [1.165, 1.54) is 23.1 Å². The van der Waals surface area contributed by atoms with Crippen molar-refractivity contribution in [2.45, 2.75) is 45.2 Å². The summed E-state index contributed by atoms with van der Waals surface area (Å²) in [4.78, 5) is 21.9. The second kappa shape index (κ2) is 9.34. The molecule has 1 aliphatic heterocycles. The summed E-state index contributed by atoms with van der Waals surface area (Å²) in [7, 11) is 0. The molecule has 3 heterocycles. The third-order valence-corrected chi connectivity index (χ3v) is 7.63. The first-order chi connectivity index (χ1) is 14.2. The van der Waals surface area contributed by atoms with Gasteiger partial charge in [0.05, 0.1) is 16.5 Å². The van der Waals surface area contributed by atoms with E-state index in [0.29, 0.717) is 6.04 Å². The van der Waals surface area contributed by atoms with Gasteiger partial charge in [-0.15, -0.1) is 22.7 Å². The van der Waals surface area contributed by atoms with Crippen LogP contribution in [0, 0.1) is 6.92 Å². The highest BCUT2D eigenvalue weighted by Gasteiger charge is 2.27. The van der Waals surface area contributed by atoms with Crippen molar-refractivity contribution < 1.29 is 9.90 Å². The maximum atomic E-state index is 12.8. The van der Waals surface area contributed by atoms with Crippen LogP contribution in [0.2, 0.25) is 0 Å². The van der Waals surface area contributed by atoms with Gasteiger partial charge in [0.1, 0.15) is 0 Å². The maximum Gasteiger partial charge on any atom is 0.261 e. The molecule has 29 heavy (non-hydrogen) atoms. The predicted molar refractivity (Wildman–Crippen MR) is 120 cm³/mol. The van der Waals surface area contributed by atoms with Gasteiger partial charge in [0.2, 0.25) is 0 Å². The summed E-state index contributed by atoms with van der Waals surface area (Å²) in [6.07, 6.45) is 6.49. The molecular formula is C22H27N3O2S2. The van der Waals surface area contributed by atoms with Gasteiger partial charge in [0.25, 0.3) is 5.91 Å². The van der Waals surface area contributed by atoms with Crippen molar-refractivity contribution >= 4 is 38.7 Å². The zero-order valence-corrected chi connectivity index (χ0v) is 18.3. The molecule has 0 saturated carbocycles. The molecule has 1 fully saturated rings. The van der Waals surface area contributed by atoms with Gasteiger partial charge in [0.15, 0.2) is 0 Å². The Morgan fingerprint density at radius 3 is 2.97 bits per heavy atom. The van der Waals surface area contributed by atoms with Crippen LogP contribution in [-0.4, -0.2) is 46.6 Å². The van der Waals surface area contributed by atoms with Crippen LogP contribution in [0.25, 0.3) is 10.1 Å². The number of nitrogens with zero attached hydrogens (tertiary/aromatic N) is 2. The van der Waals surface area contributed by atoms with E-state index in [9.17, 15) is 4.79 Å². The molecule has 154 valence electrons. The second-order valence-electron chi connectivity index (χ2n) is 7.56. The Labute approximate surface area is 179 Å². The van der Waals surface area contributed by atoms with Crippen LogP contribution in [0.1, 0.15) is 44.4 Å². The Morgan fingerprint density at radius 2 is 2.17 bits per heavy atom. The first-order valence-electron chi connectivity index (χ1n) is 10.2. The van der Waals surface area contributed by atoms with Crippen molar-refractivity contribution in [1.29, 1.82) is 0 Å². The quantitative estimate of drug-likeness (QED) is 0.596. The minimum absolute atomic E-state index is 0.0450. The highest BCUT2D eigenvalue weighted by Crippen LogP contribution is 2.34. The monoisotopic (exact) mass is 429 g/mol. The molecule has 1 aromatic carbocycles.